The van der Waals surface area contributed by atoms with Crippen LogP contribution < -0.4 is 5.73 Å². The number of carbonyl (C=O) groups excluding carboxylic acids is 1. The van der Waals surface area contributed by atoms with E-state index in [4.69, 9.17) is 10.5 Å². The fourth-order valence-corrected chi connectivity index (χ4v) is 3.75. The van der Waals surface area contributed by atoms with Crippen molar-refractivity contribution in [3.8, 4) is 11.1 Å². The van der Waals surface area contributed by atoms with Crippen molar-refractivity contribution in [2.45, 2.75) is 25.6 Å². The van der Waals surface area contributed by atoms with Gasteiger partial charge in [0.1, 0.15) is 23.4 Å². The average Bonchev–Trinajstić information content (AvgIpc) is 3.14. The molecule has 0 bridgehead atoms. The zero-order chi connectivity index (χ0) is 24.5. The summed E-state index contributed by atoms with van der Waals surface area (Å²) < 4.78 is 60.3. The van der Waals surface area contributed by atoms with Gasteiger partial charge in [0.05, 0.1) is 12.2 Å². The normalized spacial score (nSPS) is 11.8. The first-order valence-electron chi connectivity index (χ1n) is 10.1. The summed E-state index contributed by atoms with van der Waals surface area (Å²) in [5.74, 6) is -0.896. The largest absolute Gasteiger partial charge is 0.416 e. The summed E-state index contributed by atoms with van der Waals surface area (Å²) >= 11 is 0. The molecule has 0 radical (unpaired) electrons. The van der Waals surface area contributed by atoms with Crippen LogP contribution in [0.15, 0.2) is 49.1 Å². The van der Waals surface area contributed by atoms with Crippen molar-refractivity contribution in [3.63, 3.8) is 0 Å². The van der Waals surface area contributed by atoms with Crippen LogP contribution in [-0.2, 0) is 35.2 Å². The quantitative estimate of drug-likeness (QED) is 0.407. The highest BCUT2D eigenvalue weighted by molar-refractivity contribution is 5.90. The summed E-state index contributed by atoms with van der Waals surface area (Å²) in [6, 6.07) is 6.01. The van der Waals surface area contributed by atoms with Crippen molar-refractivity contribution >= 4 is 17.1 Å². The minimum Gasteiger partial charge on any atom is -0.382 e. The average molecular weight is 473 g/mol. The number of halogens is 4. The lowest BCUT2D eigenvalue weighted by Gasteiger charge is -2.09. The van der Waals surface area contributed by atoms with Crippen LogP contribution in [0.3, 0.4) is 0 Å². The minimum atomic E-state index is -4.54. The van der Waals surface area contributed by atoms with Crippen LogP contribution >= 0.6 is 0 Å². The highest BCUT2D eigenvalue weighted by Crippen LogP contribution is 2.34. The van der Waals surface area contributed by atoms with Gasteiger partial charge in [0.15, 0.2) is 5.82 Å². The van der Waals surface area contributed by atoms with Gasteiger partial charge in [0.25, 0.3) is 0 Å². The number of hydrogen-bond acceptors (Lipinski definition) is 6. The van der Waals surface area contributed by atoms with E-state index in [9.17, 15) is 22.4 Å². The van der Waals surface area contributed by atoms with Crippen LogP contribution in [-0.4, -0.2) is 32.5 Å². The summed E-state index contributed by atoms with van der Waals surface area (Å²) in [5.41, 5.74) is 7.51. The molecular weight excluding hydrogens is 454 g/mol. The lowest BCUT2D eigenvalue weighted by molar-refractivity contribution is -0.137. The number of carbonyl (C=O) groups is 1. The third-order valence-electron chi connectivity index (χ3n) is 5.23. The molecule has 0 fully saturated rings. The molecule has 0 aliphatic rings. The molecule has 0 aliphatic heterocycles. The fraction of sp³-hybridized carbons (Fsp3) is 0.217. The fourth-order valence-electron chi connectivity index (χ4n) is 3.75. The number of rotatable bonds is 7. The van der Waals surface area contributed by atoms with Crippen LogP contribution in [0.4, 0.5) is 23.4 Å². The number of nitrogen functional groups attached to an aromatic ring is 1. The summed E-state index contributed by atoms with van der Waals surface area (Å²) in [6.07, 6.45) is -1.17. The summed E-state index contributed by atoms with van der Waals surface area (Å²) in [6.45, 7) is 0.226. The van der Waals surface area contributed by atoms with Crippen molar-refractivity contribution < 1.29 is 27.1 Å². The van der Waals surface area contributed by atoms with Gasteiger partial charge in [-0.2, -0.15) is 18.3 Å². The number of anilines is 1. The maximum atomic E-state index is 15.0. The van der Waals surface area contributed by atoms with Crippen LogP contribution in [0.1, 0.15) is 22.4 Å². The standard InChI is InChI=1S/C23H19F4N5O2/c1-34-11-15-10-32-21(22(28)30-12-31-32)20(15)14-3-2-13(19(24)7-14)6-18(33)9-17-8-16(4-5-29-17)23(25,26)27/h2-5,7-8,10,12H,6,9,11H2,1H3,(H2,28,30,31). The molecule has 7 nitrogen and oxygen atoms in total. The number of methoxy groups -OCH3 is 1. The molecule has 0 unspecified atom stereocenters. The molecule has 34 heavy (non-hydrogen) atoms. The van der Waals surface area contributed by atoms with E-state index in [1.54, 1.807) is 12.3 Å². The molecule has 11 heteroatoms. The number of pyridine rings is 1. The number of alkyl halides is 3. The van der Waals surface area contributed by atoms with E-state index in [0.717, 1.165) is 18.3 Å². The Hall–Kier alpha value is -3.86. The zero-order valence-electron chi connectivity index (χ0n) is 17.9. The molecule has 0 amide bonds. The second-order valence-corrected chi connectivity index (χ2v) is 7.63. The Morgan fingerprint density at radius 1 is 1.12 bits per heavy atom. The Kier molecular flexibility index (Phi) is 6.29. The van der Waals surface area contributed by atoms with Gasteiger partial charge in [-0.25, -0.2) is 13.9 Å². The van der Waals surface area contributed by atoms with Gasteiger partial charge in [-0.15, -0.1) is 0 Å². The number of ketones is 1. The third-order valence-corrected chi connectivity index (χ3v) is 5.23. The molecule has 4 aromatic rings. The van der Waals surface area contributed by atoms with Crippen molar-refractivity contribution in [1.29, 1.82) is 0 Å². The number of ether oxygens (including phenoxy) is 1. The van der Waals surface area contributed by atoms with Crippen LogP contribution in [0.5, 0.6) is 0 Å². The van der Waals surface area contributed by atoms with E-state index in [0.29, 0.717) is 22.2 Å². The Labute approximate surface area is 191 Å². The van der Waals surface area contributed by atoms with Gasteiger partial charge >= 0.3 is 6.18 Å². The molecule has 1 aromatic carbocycles. The van der Waals surface area contributed by atoms with Gasteiger partial charge in [-0.05, 0) is 29.3 Å². The zero-order valence-corrected chi connectivity index (χ0v) is 17.9. The SMILES string of the molecule is COCc1cn2ncnc(N)c2c1-c1ccc(CC(=O)Cc2cc(C(F)(F)F)ccn2)c(F)c1. The smallest absolute Gasteiger partial charge is 0.382 e. The summed E-state index contributed by atoms with van der Waals surface area (Å²) in [4.78, 5) is 20.2. The molecule has 0 saturated heterocycles. The molecular formula is C23H19F4N5O2. The Morgan fingerprint density at radius 3 is 2.62 bits per heavy atom. The number of aromatic nitrogens is 4. The van der Waals surface area contributed by atoms with Gasteiger partial charge < -0.3 is 10.5 Å². The van der Waals surface area contributed by atoms with E-state index in [1.807, 2.05) is 0 Å². The number of benzene rings is 1. The molecule has 3 aromatic heterocycles. The van der Waals surface area contributed by atoms with Gasteiger partial charge in [-0.1, -0.05) is 12.1 Å². The van der Waals surface area contributed by atoms with Crippen molar-refractivity contribution in [2.24, 2.45) is 0 Å². The molecule has 0 aliphatic carbocycles. The molecule has 0 atom stereocenters. The molecule has 4 rings (SSSR count). The maximum absolute atomic E-state index is 15.0. The highest BCUT2D eigenvalue weighted by Gasteiger charge is 2.30. The maximum Gasteiger partial charge on any atom is 0.416 e. The van der Waals surface area contributed by atoms with E-state index < -0.39 is 23.3 Å². The Balaban J connectivity index is 1.59. The van der Waals surface area contributed by atoms with Gasteiger partial charge in [0.2, 0.25) is 0 Å². The number of fused-ring (bicyclic) bond motifs is 1. The second-order valence-electron chi connectivity index (χ2n) is 7.63. The predicted molar refractivity (Wildman–Crippen MR) is 115 cm³/mol. The van der Waals surface area contributed by atoms with Crippen molar-refractivity contribution in [3.05, 3.63) is 77.3 Å². The van der Waals surface area contributed by atoms with Crippen molar-refractivity contribution in [2.75, 3.05) is 12.8 Å². The van der Waals surface area contributed by atoms with E-state index in [1.165, 1.54) is 30.1 Å². The van der Waals surface area contributed by atoms with Gasteiger partial charge in [0, 0.05) is 49.2 Å². The van der Waals surface area contributed by atoms with E-state index >= 15 is 0 Å². The summed E-state index contributed by atoms with van der Waals surface area (Å²) in [7, 11) is 1.52. The Bertz CT molecular complexity index is 1370. The lowest BCUT2D eigenvalue weighted by Crippen LogP contribution is -2.11. The first kappa shape index (κ1) is 23.3. The summed E-state index contributed by atoms with van der Waals surface area (Å²) in [5, 5.41) is 4.13. The predicted octanol–water partition coefficient (Wildman–Crippen LogP) is 4.03. The van der Waals surface area contributed by atoms with Crippen LogP contribution in [0.25, 0.3) is 16.6 Å². The topological polar surface area (TPSA) is 95.4 Å². The van der Waals surface area contributed by atoms with E-state index in [-0.39, 0.29) is 36.5 Å². The number of nitrogens with two attached hydrogens (primary N) is 1. The third kappa shape index (κ3) is 4.74. The monoisotopic (exact) mass is 473 g/mol. The number of Topliss-reactive ketones (excluding diaryl/α,β-unsaturated/α-hetero) is 1. The second kappa shape index (κ2) is 9.18. The minimum absolute atomic E-state index is 0.0307. The van der Waals surface area contributed by atoms with Crippen LogP contribution in [0.2, 0.25) is 0 Å². The molecule has 2 N–H and O–H groups in total. The Morgan fingerprint density at radius 2 is 1.91 bits per heavy atom. The number of hydrogen-bond donors (Lipinski definition) is 1. The number of nitrogens with zero attached hydrogens (tertiary/aromatic N) is 4. The highest BCUT2D eigenvalue weighted by atomic mass is 19.4. The van der Waals surface area contributed by atoms with E-state index in [2.05, 4.69) is 15.1 Å². The molecule has 0 saturated carbocycles. The van der Waals surface area contributed by atoms with Crippen LogP contribution in [0, 0.1) is 5.82 Å². The van der Waals surface area contributed by atoms with Gasteiger partial charge in [-0.3, -0.25) is 9.78 Å². The molecule has 3 heterocycles. The first-order chi connectivity index (χ1) is 16.2. The lowest BCUT2D eigenvalue weighted by atomic mass is 9.98. The van der Waals surface area contributed by atoms with Crippen molar-refractivity contribution in [1.82, 2.24) is 19.6 Å². The molecule has 176 valence electrons. The molecule has 0 spiro atoms. The first-order valence-corrected chi connectivity index (χ1v) is 10.1.